The van der Waals surface area contributed by atoms with Crippen molar-refractivity contribution in [1.82, 2.24) is 15.1 Å². The van der Waals surface area contributed by atoms with Crippen LogP contribution in [0.5, 0.6) is 0 Å². The number of benzene rings is 1. The van der Waals surface area contributed by atoms with Crippen LogP contribution in [0.15, 0.2) is 39.4 Å². The molecule has 0 aliphatic carbocycles. The highest BCUT2D eigenvalue weighted by Gasteiger charge is 2.24. The van der Waals surface area contributed by atoms with Gasteiger partial charge in [0, 0.05) is 24.2 Å². The van der Waals surface area contributed by atoms with E-state index in [1.54, 1.807) is 6.21 Å². The molecule has 1 N–H and O–H groups in total. The maximum atomic E-state index is 11.7. The third-order valence-corrected chi connectivity index (χ3v) is 4.51. The van der Waals surface area contributed by atoms with Crippen molar-refractivity contribution in [2.24, 2.45) is 17.3 Å². The summed E-state index contributed by atoms with van der Waals surface area (Å²) in [5, 5.41) is 16.3. The van der Waals surface area contributed by atoms with E-state index in [2.05, 4.69) is 25.4 Å². The molecule has 0 unspecified atom stereocenters. The lowest BCUT2D eigenvalue weighted by Crippen LogP contribution is -2.19. The molecule has 3 rings (SSSR count). The van der Waals surface area contributed by atoms with Gasteiger partial charge in [0.05, 0.1) is 23.7 Å². The van der Waals surface area contributed by atoms with E-state index in [1.807, 2.05) is 36.9 Å². The average Bonchev–Trinajstić information content (AvgIpc) is 3.07. The van der Waals surface area contributed by atoms with Crippen molar-refractivity contribution < 1.29 is 14.3 Å². The third kappa shape index (κ3) is 3.61. The number of esters is 1. The Bertz CT molecular complexity index is 958. The molecule has 8 nitrogen and oxygen atoms in total. The summed E-state index contributed by atoms with van der Waals surface area (Å²) in [7, 11) is 3.14. The summed E-state index contributed by atoms with van der Waals surface area (Å²) in [6.45, 7) is 2.01. The standard InChI is InChI=1S/C16H15N5O3S/c1-9-11-5-4-10(6-12(11)20-21(9)2)8-17-19-16-18-15(23)13(25-16)7-14(22)24-3/h4-8H,1-3H3,(H,18,19,23)/b13-7+,17-8?. The van der Waals surface area contributed by atoms with Crippen molar-refractivity contribution in [3.8, 4) is 0 Å². The summed E-state index contributed by atoms with van der Waals surface area (Å²) in [6, 6.07) is 5.81. The van der Waals surface area contributed by atoms with E-state index >= 15 is 0 Å². The molecule has 0 bridgehead atoms. The van der Waals surface area contributed by atoms with Crippen molar-refractivity contribution in [3.05, 3.63) is 40.4 Å². The zero-order valence-electron chi connectivity index (χ0n) is 13.8. The zero-order valence-corrected chi connectivity index (χ0v) is 14.6. The summed E-state index contributed by atoms with van der Waals surface area (Å²) >= 11 is 1.03. The molecule has 2 aromatic rings. The van der Waals surface area contributed by atoms with Gasteiger partial charge in [0.25, 0.3) is 5.91 Å². The molecule has 0 radical (unpaired) electrons. The summed E-state index contributed by atoms with van der Waals surface area (Å²) < 4.78 is 6.32. The highest BCUT2D eigenvalue weighted by molar-refractivity contribution is 8.18. The second-order valence-electron chi connectivity index (χ2n) is 5.22. The number of hydrogen-bond acceptors (Lipinski definition) is 7. The molecular formula is C16H15N5O3S. The van der Waals surface area contributed by atoms with Gasteiger partial charge in [-0.1, -0.05) is 12.1 Å². The van der Waals surface area contributed by atoms with Crippen LogP contribution in [0, 0.1) is 6.92 Å². The predicted molar refractivity (Wildman–Crippen MR) is 96.3 cm³/mol. The first-order valence-electron chi connectivity index (χ1n) is 7.31. The van der Waals surface area contributed by atoms with Crippen molar-refractivity contribution in [2.75, 3.05) is 7.11 Å². The highest BCUT2D eigenvalue weighted by atomic mass is 32.2. The number of aryl methyl sites for hydroxylation is 2. The summed E-state index contributed by atoms with van der Waals surface area (Å²) in [4.78, 5) is 23.1. The number of methoxy groups -OCH3 is 1. The molecule has 1 fully saturated rings. The minimum atomic E-state index is -0.596. The second kappa shape index (κ2) is 6.89. The zero-order chi connectivity index (χ0) is 18.0. The number of fused-ring (bicyclic) bond motifs is 1. The summed E-state index contributed by atoms with van der Waals surface area (Å²) in [5.41, 5.74) is 2.81. The van der Waals surface area contributed by atoms with Crippen LogP contribution in [0.25, 0.3) is 10.9 Å². The number of thioether (sulfide) groups is 1. The monoisotopic (exact) mass is 357 g/mol. The number of amides is 1. The largest absolute Gasteiger partial charge is 0.466 e. The molecule has 9 heteroatoms. The molecule has 128 valence electrons. The highest BCUT2D eigenvalue weighted by Crippen LogP contribution is 2.23. The molecule has 1 amide bonds. The maximum absolute atomic E-state index is 11.7. The molecule has 2 heterocycles. The first kappa shape index (κ1) is 16.9. The Hall–Kier alpha value is -2.94. The van der Waals surface area contributed by atoms with E-state index in [4.69, 9.17) is 0 Å². The van der Waals surface area contributed by atoms with Crippen molar-refractivity contribution in [3.63, 3.8) is 0 Å². The number of rotatable bonds is 3. The number of aromatic nitrogens is 2. The molecule has 25 heavy (non-hydrogen) atoms. The lowest BCUT2D eigenvalue weighted by atomic mass is 10.1. The number of hydrogen-bond donors (Lipinski definition) is 1. The van der Waals surface area contributed by atoms with Gasteiger partial charge < -0.3 is 4.74 Å². The van der Waals surface area contributed by atoms with Crippen molar-refractivity contribution in [1.29, 1.82) is 0 Å². The minimum absolute atomic E-state index is 0.214. The SMILES string of the molecule is COC(=O)/C=C1/S/C(=N\N=Cc2ccc3c(C)n(C)nc3c2)NC1=O. The van der Waals surface area contributed by atoms with Gasteiger partial charge in [0.15, 0.2) is 5.17 Å². The second-order valence-corrected chi connectivity index (χ2v) is 6.25. The topological polar surface area (TPSA) is 97.9 Å². The van der Waals surface area contributed by atoms with E-state index in [0.717, 1.165) is 40.0 Å². The van der Waals surface area contributed by atoms with E-state index in [-0.39, 0.29) is 4.91 Å². The average molecular weight is 357 g/mol. The van der Waals surface area contributed by atoms with E-state index in [1.165, 1.54) is 7.11 Å². The van der Waals surface area contributed by atoms with Gasteiger partial charge in [-0.3, -0.25) is 14.8 Å². The van der Waals surface area contributed by atoms with Gasteiger partial charge >= 0.3 is 5.97 Å². The Kier molecular flexibility index (Phi) is 4.66. The maximum Gasteiger partial charge on any atom is 0.331 e. The van der Waals surface area contributed by atoms with Gasteiger partial charge in [-0.05, 0) is 30.3 Å². The lowest BCUT2D eigenvalue weighted by Gasteiger charge is -1.93. The van der Waals surface area contributed by atoms with Crippen molar-refractivity contribution in [2.45, 2.75) is 6.92 Å². The van der Waals surface area contributed by atoms with Crippen LogP contribution in [0.1, 0.15) is 11.3 Å². The first-order valence-corrected chi connectivity index (χ1v) is 8.13. The van der Waals surface area contributed by atoms with Gasteiger partial charge in [-0.2, -0.15) is 10.2 Å². The predicted octanol–water partition coefficient (Wildman–Crippen LogP) is 1.49. The van der Waals surface area contributed by atoms with Crippen LogP contribution in [-0.4, -0.2) is 40.1 Å². The van der Waals surface area contributed by atoms with Crippen LogP contribution in [0.4, 0.5) is 0 Å². The Morgan fingerprint density at radius 3 is 3.00 bits per heavy atom. The van der Waals surface area contributed by atoms with E-state index in [0.29, 0.717) is 5.17 Å². The molecular weight excluding hydrogens is 342 g/mol. The Balaban J connectivity index is 1.75. The normalized spacial score (nSPS) is 17.8. The fourth-order valence-electron chi connectivity index (χ4n) is 2.22. The van der Waals surface area contributed by atoms with Crippen LogP contribution in [-0.2, 0) is 21.4 Å². The quantitative estimate of drug-likeness (QED) is 0.388. The number of nitrogens with zero attached hydrogens (tertiary/aromatic N) is 4. The number of amidine groups is 1. The molecule has 0 atom stereocenters. The third-order valence-electron chi connectivity index (χ3n) is 3.61. The Labute approximate surface area is 147 Å². The number of carbonyl (C=O) groups excluding carboxylic acids is 2. The Morgan fingerprint density at radius 1 is 1.44 bits per heavy atom. The van der Waals surface area contributed by atoms with Gasteiger partial charge in [0.1, 0.15) is 0 Å². The first-order chi connectivity index (χ1) is 12.0. The van der Waals surface area contributed by atoms with Crippen molar-refractivity contribution >= 4 is 45.9 Å². The number of nitrogens with one attached hydrogen (secondary N) is 1. The molecule has 1 saturated heterocycles. The molecule has 0 spiro atoms. The fraction of sp³-hybridized carbons (Fsp3) is 0.188. The van der Waals surface area contributed by atoms with Gasteiger partial charge in [0.2, 0.25) is 0 Å². The molecule has 1 aliphatic heterocycles. The number of carbonyl (C=O) groups is 2. The molecule has 1 aromatic heterocycles. The smallest absolute Gasteiger partial charge is 0.331 e. The van der Waals surface area contributed by atoms with Crippen LogP contribution < -0.4 is 5.32 Å². The molecule has 1 aliphatic rings. The van der Waals surface area contributed by atoms with Crippen LogP contribution >= 0.6 is 11.8 Å². The van der Waals surface area contributed by atoms with E-state index < -0.39 is 11.9 Å². The fourth-order valence-corrected chi connectivity index (χ4v) is 2.96. The summed E-state index contributed by atoms with van der Waals surface area (Å²) in [6.07, 6.45) is 2.69. The van der Waals surface area contributed by atoms with Gasteiger partial charge in [-0.15, -0.1) is 5.10 Å². The van der Waals surface area contributed by atoms with Gasteiger partial charge in [-0.25, -0.2) is 4.79 Å². The Morgan fingerprint density at radius 2 is 2.24 bits per heavy atom. The van der Waals surface area contributed by atoms with E-state index in [9.17, 15) is 9.59 Å². The molecule has 1 aromatic carbocycles. The van der Waals surface area contributed by atoms with Crippen LogP contribution in [0.3, 0.4) is 0 Å². The minimum Gasteiger partial charge on any atom is -0.466 e. The van der Waals surface area contributed by atoms with Crippen LogP contribution in [0.2, 0.25) is 0 Å². The summed E-state index contributed by atoms with van der Waals surface area (Å²) in [5.74, 6) is -1.00. The molecule has 0 saturated carbocycles. The lowest BCUT2D eigenvalue weighted by molar-refractivity contribution is -0.135. The number of ether oxygens (including phenoxy) is 1.